The van der Waals surface area contributed by atoms with Crippen molar-refractivity contribution in [2.24, 2.45) is 0 Å². The molecule has 0 bridgehead atoms. The number of nitrogens with zero attached hydrogens (tertiary/aromatic N) is 2. The van der Waals surface area contributed by atoms with Crippen molar-refractivity contribution in [1.29, 1.82) is 0 Å². The molecule has 0 aliphatic carbocycles. The summed E-state index contributed by atoms with van der Waals surface area (Å²) in [5.74, 6) is 5.09. The van der Waals surface area contributed by atoms with Crippen molar-refractivity contribution in [3.63, 3.8) is 0 Å². The Bertz CT molecular complexity index is 464. The first-order valence-corrected chi connectivity index (χ1v) is 10.5. The Labute approximate surface area is 141 Å². The highest BCUT2D eigenvalue weighted by Crippen LogP contribution is 2.22. The molecule has 0 atom stereocenters. The molecule has 22 heavy (non-hydrogen) atoms. The summed E-state index contributed by atoms with van der Waals surface area (Å²) in [6.45, 7) is 5.20. The SMILES string of the molecule is Fc1ccccc1CN1CCCN(C2CSCCSC2)CC1. The van der Waals surface area contributed by atoms with Crippen LogP contribution in [0.5, 0.6) is 0 Å². The third-order valence-electron chi connectivity index (χ3n) is 4.48. The van der Waals surface area contributed by atoms with Crippen LogP contribution in [0.2, 0.25) is 0 Å². The molecular formula is C17H25FN2S2. The molecule has 2 saturated heterocycles. The van der Waals surface area contributed by atoms with Crippen molar-refractivity contribution < 1.29 is 4.39 Å². The van der Waals surface area contributed by atoms with E-state index in [2.05, 4.69) is 33.3 Å². The topological polar surface area (TPSA) is 6.48 Å². The predicted octanol–water partition coefficient (Wildman–Crippen LogP) is 3.18. The molecular weight excluding hydrogens is 315 g/mol. The van der Waals surface area contributed by atoms with Gasteiger partial charge in [0.2, 0.25) is 0 Å². The molecule has 0 N–H and O–H groups in total. The molecule has 2 aliphatic rings. The normalized spacial score (nSPS) is 23.1. The maximum atomic E-state index is 13.8. The molecule has 2 nitrogen and oxygen atoms in total. The fourth-order valence-electron chi connectivity index (χ4n) is 3.20. The van der Waals surface area contributed by atoms with E-state index in [1.165, 1.54) is 36.0 Å². The van der Waals surface area contributed by atoms with Gasteiger partial charge in [0.1, 0.15) is 5.82 Å². The third kappa shape index (κ3) is 4.63. The second-order valence-corrected chi connectivity index (χ2v) is 8.36. The molecule has 0 spiro atoms. The van der Waals surface area contributed by atoms with Gasteiger partial charge >= 0.3 is 0 Å². The summed E-state index contributed by atoms with van der Waals surface area (Å²) in [7, 11) is 0. The lowest BCUT2D eigenvalue weighted by Crippen LogP contribution is -2.41. The van der Waals surface area contributed by atoms with Crippen LogP contribution in [0.15, 0.2) is 24.3 Å². The summed E-state index contributed by atoms with van der Waals surface area (Å²) in [4.78, 5) is 5.09. The standard InChI is InChI=1S/C17H25FN2S2/c18-17-5-2-1-4-15(17)12-19-6-3-7-20(9-8-19)16-13-21-10-11-22-14-16/h1-2,4-5,16H,3,6-14H2. The summed E-state index contributed by atoms with van der Waals surface area (Å²) in [5, 5.41) is 0. The Hall–Kier alpha value is -0.230. The van der Waals surface area contributed by atoms with Gasteiger partial charge in [-0.15, -0.1) is 0 Å². The third-order valence-corrected chi connectivity index (χ3v) is 6.97. The molecule has 1 aromatic rings. The summed E-state index contributed by atoms with van der Waals surface area (Å²) in [5.41, 5.74) is 0.830. The molecule has 1 aromatic carbocycles. The largest absolute Gasteiger partial charge is 0.298 e. The number of hydrogen-bond donors (Lipinski definition) is 0. The van der Waals surface area contributed by atoms with Gasteiger partial charge in [0.05, 0.1) is 0 Å². The summed E-state index contributed by atoms with van der Waals surface area (Å²) in [6, 6.07) is 7.91. The zero-order valence-electron chi connectivity index (χ0n) is 13.0. The smallest absolute Gasteiger partial charge is 0.127 e. The van der Waals surface area contributed by atoms with E-state index in [1.807, 2.05) is 12.1 Å². The van der Waals surface area contributed by atoms with Gasteiger partial charge in [-0.1, -0.05) is 18.2 Å². The number of thioether (sulfide) groups is 2. The van der Waals surface area contributed by atoms with Gasteiger partial charge < -0.3 is 0 Å². The fourth-order valence-corrected chi connectivity index (χ4v) is 5.82. The van der Waals surface area contributed by atoms with Gasteiger partial charge in [0.25, 0.3) is 0 Å². The number of rotatable bonds is 3. The molecule has 0 unspecified atom stereocenters. The van der Waals surface area contributed by atoms with E-state index >= 15 is 0 Å². The second-order valence-electron chi connectivity index (χ2n) is 6.06. The molecule has 5 heteroatoms. The average Bonchev–Trinajstić information content (AvgIpc) is 2.92. The first kappa shape index (κ1) is 16.6. The zero-order valence-corrected chi connectivity index (χ0v) is 14.7. The van der Waals surface area contributed by atoms with E-state index in [-0.39, 0.29) is 5.82 Å². The Morgan fingerprint density at radius 2 is 1.77 bits per heavy atom. The minimum Gasteiger partial charge on any atom is -0.298 e. The molecule has 3 rings (SSSR count). The summed E-state index contributed by atoms with van der Waals surface area (Å²) in [6.07, 6.45) is 1.19. The summed E-state index contributed by atoms with van der Waals surface area (Å²) >= 11 is 4.21. The Morgan fingerprint density at radius 1 is 1.00 bits per heavy atom. The Kier molecular flexibility index (Phi) is 6.48. The van der Waals surface area contributed by atoms with Crippen LogP contribution in [-0.2, 0) is 6.54 Å². The van der Waals surface area contributed by atoms with Crippen LogP contribution in [0.3, 0.4) is 0 Å². The highest BCUT2D eigenvalue weighted by atomic mass is 32.2. The van der Waals surface area contributed by atoms with Crippen LogP contribution in [0.4, 0.5) is 4.39 Å². The molecule has 122 valence electrons. The van der Waals surface area contributed by atoms with Crippen molar-refractivity contribution in [3.05, 3.63) is 35.6 Å². The number of benzene rings is 1. The predicted molar refractivity (Wildman–Crippen MR) is 96.3 cm³/mol. The minimum absolute atomic E-state index is 0.0693. The highest BCUT2D eigenvalue weighted by Gasteiger charge is 2.23. The van der Waals surface area contributed by atoms with Crippen LogP contribution in [0.25, 0.3) is 0 Å². The lowest BCUT2D eigenvalue weighted by Gasteiger charge is -2.29. The number of hydrogen-bond acceptors (Lipinski definition) is 4. The molecule has 0 amide bonds. The maximum Gasteiger partial charge on any atom is 0.127 e. The van der Waals surface area contributed by atoms with Crippen molar-refractivity contribution in [2.75, 3.05) is 49.2 Å². The van der Waals surface area contributed by atoms with E-state index < -0.39 is 0 Å². The van der Waals surface area contributed by atoms with Crippen LogP contribution in [0.1, 0.15) is 12.0 Å². The number of halogens is 1. The van der Waals surface area contributed by atoms with Crippen molar-refractivity contribution in [2.45, 2.75) is 19.0 Å². The average molecular weight is 341 g/mol. The first-order valence-electron chi connectivity index (χ1n) is 8.18. The monoisotopic (exact) mass is 340 g/mol. The molecule has 0 radical (unpaired) electrons. The van der Waals surface area contributed by atoms with Gasteiger partial charge in [0, 0.05) is 54.3 Å². The second kappa shape index (κ2) is 8.57. The summed E-state index contributed by atoms with van der Waals surface area (Å²) < 4.78 is 13.8. The molecule has 0 aromatic heterocycles. The van der Waals surface area contributed by atoms with Crippen LogP contribution in [0, 0.1) is 5.82 Å². The van der Waals surface area contributed by atoms with Crippen molar-refractivity contribution >= 4 is 23.5 Å². The van der Waals surface area contributed by atoms with Gasteiger partial charge in [-0.25, -0.2) is 4.39 Å². The van der Waals surface area contributed by atoms with Gasteiger partial charge in [-0.05, 0) is 25.6 Å². The lowest BCUT2D eigenvalue weighted by molar-refractivity contribution is 0.222. The van der Waals surface area contributed by atoms with Crippen molar-refractivity contribution in [1.82, 2.24) is 9.80 Å². The van der Waals surface area contributed by atoms with Crippen LogP contribution < -0.4 is 0 Å². The van der Waals surface area contributed by atoms with Crippen LogP contribution in [-0.4, -0.2) is 65.0 Å². The van der Waals surface area contributed by atoms with Gasteiger partial charge in [-0.2, -0.15) is 23.5 Å². The minimum atomic E-state index is -0.0693. The Morgan fingerprint density at radius 3 is 2.55 bits per heavy atom. The highest BCUT2D eigenvalue weighted by molar-refractivity contribution is 8.03. The van der Waals surface area contributed by atoms with E-state index in [1.54, 1.807) is 12.1 Å². The van der Waals surface area contributed by atoms with Gasteiger partial charge in [-0.3, -0.25) is 9.80 Å². The van der Waals surface area contributed by atoms with Gasteiger partial charge in [0.15, 0.2) is 0 Å². The van der Waals surface area contributed by atoms with E-state index in [9.17, 15) is 4.39 Å². The Balaban J connectivity index is 1.54. The molecule has 0 saturated carbocycles. The fraction of sp³-hybridized carbons (Fsp3) is 0.647. The molecule has 2 heterocycles. The van der Waals surface area contributed by atoms with Crippen molar-refractivity contribution in [3.8, 4) is 0 Å². The van der Waals surface area contributed by atoms with E-state index in [4.69, 9.17) is 0 Å². The van der Waals surface area contributed by atoms with E-state index in [0.29, 0.717) is 0 Å². The first-order chi connectivity index (χ1) is 10.8. The quantitative estimate of drug-likeness (QED) is 0.833. The van der Waals surface area contributed by atoms with Crippen LogP contribution >= 0.6 is 23.5 Å². The maximum absolute atomic E-state index is 13.8. The zero-order chi connectivity index (χ0) is 15.2. The van der Waals surface area contributed by atoms with E-state index in [0.717, 1.165) is 37.8 Å². The molecule has 2 aliphatic heterocycles. The lowest BCUT2D eigenvalue weighted by atomic mass is 10.2. The molecule has 2 fully saturated rings.